The summed E-state index contributed by atoms with van der Waals surface area (Å²) < 4.78 is 10.5. The van der Waals surface area contributed by atoms with Crippen molar-refractivity contribution in [2.75, 3.05) is 40.5 Å². The fourth-order valence-electron chi connectivity index (χ4n) is 3.49. The standard InChI is InChI=1S/C24H28N2O4/c1-18-9-11-20(12-10-18)21-22(25(13-15-29-2)14-16-30-3)24(28)26(23(21)27)17-19-7-5-4-6-8-19/h4-12H,13-17H2,1-3H3. The van der Waals surface area contributed by atoms with E-state index in [0.29, 0.717) is 37.6 Å². The lowest BCUT2D eigenvalue weighted by molar-refractivity contribution is -0.138. The van der Waals surface area contributed by atoms with Crippen molar-refractivity contribution in [1.82, 2.24) is 9.80 Å². The normalized spacial score (nSPS) is 14.0. The van der Waals surface area contributed by atoms with Crippen LogP contribution in [-0.2, 0) is 25.6 Å². The van der Waals surface area contributed by atoms with Gasteiger partial charge in [0, 0.05) is 27.3 Å². The molecule has 0 saturated heterocycles. The molecule has 0 aliphatic carbocycles. The maximum Gasteiger partial charge on any atom is 0.278 e. The molecule has 30 heavy (non-hydrogen) atoms. The second-order valence-corrected chi connectivity index (χ2v) is 7.24. The first kappa shape index (κ1) is 21.7. The first-order valence-corrected chi connectivity index (χ1v) is 10.0. The minimum Gasteiger partial charge on any atom is -0.383 e. The molecular weight excluding hydrogens is 380 g/mol. The fraction of sp³-hybridized carbons (Fsp3) is 0.333. The van der Waals surface area contributed by atoms with Gasteiger partial charge in [0.2, 0.25) is 0 Å². The van der Waals surface area contributed by atoms with Gasteiger partial charge in [-0.1, -0.05) is 60.2 Å². The smallest absolute Gasteiger partial charge is 0.278 e. The molecule has 0 bridgehead atoms. The highest BCUT2D eigenvalue weighted by molar-refractivity contribution is 6.35. The van der Waals surface area contributed by atoms with E-state index in [1.54, 1.807) is 14.2 Å². The van der Waals surface area contributed by atoms with Crippen molar-refractivity contribution in [3.63, 3.8) is 0 Å². The van der Waals surface area contributed by atoms with Crippen LogP contribution in [0.15, 0.2) is 60.3 Å². The summed E-state index contributed by atoms with van der Waals surface area (Å²) in [5, 5.41) is 0. The Morgan fingerprint density at radius 3 is 2.00 bits per heavy atom. The Balaban J connectivity index is 2.03. The monoisotopic (exact) mass is 408 g/mol. The van der Waals surface area contributed by atoms with Gasteiger partial charge in [0.1, 0.15) is 5.70 Å². The summed E-state index contributed by atoms with van der Waals surface area (Å²) in [4.78, 5) is 30.1. The quantitative estimate of drug-likeness (QED) is 0.566. The van der Waals surface area contributed by atoms with Crippen LogP contribution in [-0.4, -0.2) is 62.1 Å². The lowest BCUT2D eigenvalue weighted by Gasteiger charge is -2.25. The highest BCUT2D eigenvalue weighted by Gasteiger charge is 2.41. The zero-order valence-electron chi connectivity index (χ0n) is 17.8. The summed E-state index contributed by atoms with van der Waals surface area (Å²) in [6.07, 6.45) is 0. The van der Waals surface area contributed by atoms with E-state index >= 15 is 0 Å². The van der Waals surface area contributed by atoms with E-state index in [0.717, 1.165) is 16.7 Å². The van der Waals surface area contributed by atoms with E-state index in [1.165, 1.54) is 4.90 Å². The third-order valence-electron chi connectivity index (χ3n) is 5.11. The minimum atomic E-state index is -0.286. The van der Waals surface area contributed by atoms with E-state index in [9.17, 15) is 9.59 Å². The Labute approximate surface area is 177 Å². The molecule has 0 radical (unpaired) electrons. The molecule has 1 aliphatic rings. The molecule has 1 aliphatic heterocycles. The molecule has 0 spiro atoms. The number of ether oxygens (including phenoxy) is 2. The van der Waals surface area contributed by atoms with Crippen molar-refractivity contribution in [1.29, 1.82) is 0 Å². The number of hydrogen-bond donors (Lipinski definition) is 0. The number of methoxy groups -OCH3 is 2. The van der Waals surface area contributed by atoms with Gasteiger partial charge in [0.05, 0.1) is 25.3 Å². The Kier molecular flexibility index (Phi) is 7.38. The predicted octanol–water partition coefficient (Wildman–Crippen LogP) is 2.87. The van der Waals surface area contributed by atoms with Crippen molar-refractivity contribution in [3.8, 4) is 0 Å². The molecule has 3 rings (SSSR count). The van der Waals surface area contributed by atoms with Crippen molar-refractivity contribution in [2.24, 2.45) is 0 Å². The van der Waals surface area contributed by atoms with Gasteiger partial charge in [-0.25, -0.2) is 0 Å². The Bertz CT molecular complexity index is 899. The summed E-state index contributed by atoms with van der Waals surface area (Å²) in [5.74, 6) is -0.561. The highest BCUT2D eigenvalue weighted by atomic mass is 16.5. The van der Waals surface area contributed by atoms with Crippen molar-refractivity contribution in [3.05, 3.63) is 77.0 Å². The molecule has 0 unspecified atom stereocenters. The molecule has 2 amide bonds. The summed E-state index contributed by atoms with van der Waals surface area (Å²) in [6, 6.07) is 17.2. The van der Waals surface area contributed by atoms with E-state index < -0.39 is 0 Å². The van der Waals surface area contributed by atoms with Crippen LogP contribution in [0.4, 0.5) is 0 Å². The molecule has 2 aromatic carbocycles. The number of carbonyl (C=O) groups excluding carboxylic acids is 2. The Morgan fingerprint density at radius 2 is 1.43 bits per heavy atom. The summed E-state index contributed by atoms with van der Waals surface area (Å²) in [5.41, 5.74) is 3.58. The molecule has 2 aromatic rings. The fourth-order valence-corrected chi connectivity index (χ4v) is 3.49. The molecule has 0 saturated carbocycles. The lowest BCUT2D eigenvalue weighted by atomic mass is 10.0. The third-order valence-corrected chi connectivity index (χ3v) is 5.11. The van der Waals surface area contributed by atoms with Gasteiger partial charge in [-0.3, -0.25) is 14.5 Å². The van der Waals surface area contributed by atoms with Crippen LogP contribution in [0.25, 0.3) is 5.57 Å². The van der Waals surface area contributed by atoms with Crippen LogP contribution in [0, 0.1) is 6.92 Å². The third kappa shape index (κ3) is 4.78. The van der Waals surface area contributed by atoms with E-state index in [-0.39, 0.29) is 18.4 Å². The van der Waals surface area contributed by atoms with Gasteiger partial charge in [0.15, 0.2) is 0 Å². The van der Waals surface area contributed by atoms with Gasteiger partial charge in [-0.05, 0) is 18.1 Å². The highest BCUT2D eigenvalue weighted by Crippen LogP contribution is 2.32. The predicted molar refractivity (Wildman–Crippen MR) is 115 cm³/mol. The Hall–Kier alpha value is -2.96. The second-order valence-electron chi connectivity index (χ2n) is 7.24. The van der Waals surface area contributed by atoms with E-state index in [4.69, 9.17) is 9.47 Å². The van der Waals surface area contributed by atoms with Crippen LogP contribution in [0.3, 0.4) is 0 Å². The SMILES string of the molecule is COCCN(CCOC)C1=C(c2ccc(C)cc2)C(=O)N(Cc2ccccc2)C1=O. The topological polar surface area (TPSA) is 59.1 Å². The molecular formula is C24H28N2O4. The molecule has 158 valence electrons. The van der Waals surface area contributed by atoms with Crippen LogP contribution in [0.2, 0.25) is 0 Å². The first-order valence-electron chi connectivity index (χ1n) is 10.0. The number of amides is 2. The second kappa shape index (κ2) is 10.2. The maximum atomic E-state index is 13.5. The van der Waals surface area contributed by atoms with Crippen molar-refractivity contribution >= 4 is 17.4 Å². The van der Waals surface area contributed by atoms with E-state index in [1.807, 2.05) is 66.4 Å². The molecule has 0 atom stereocenters. The number of hydrogen-bond acceptors (Lipinski definition) is 5. The average molecular weight is 408 g/mol. The number of aryl methyl sites for hydroxylation is 1. The zero-order chi connectivity index (χ0) is 21.5. The number of nitrogens with zero attached hydrogens (tertiary/aromatic N) is 2. The molecule has 1 heterocycles. The number of carbonyl (C=O) groups is 2. The molecule has 6 heteroatoms. The number of imide groups is 1. The largest absolute Gasteiger partial charge is 0.383 e. The summed E-state index contributed by atoms with van der Waals surface area (Å²) in [7, 11) is 3.24. The lowest BCUT2D eigenvalue weighted by Crippen LogP contribution is -2.37. The molecule has 0 fully saturated rings. The van der Waals surface area contributed by atoms with Gasteiger partial charge >= 0.3 is 0 Å². The van der Waals surface area contributed by atoms with Gasteiger partial charge in [-0.15, -0.1) is 0 Å². The van der Waals surface area contributed by atoms with Crippen LogP contribution in [0.1, 0.15) is 16.7 Å². The van der Waals surface area contributed by atoms with Gasteiger partial charge in [-0.2, -0.15) is 0 Å². The van der Waals surface area contributed by atoms with Crippen LogP contribution >= 0.6 is 0 Å². The summed E-state index contributed by atoms with van der Waals surface area (Å²) >= 11 is 0. The first-order chi connectivity index (χ1) is 14.6. The molecule has 6 nitrogen and oxygen atoms in total. The average Bonchev–Trinajstić information content (AvgIpc) is 3.00. The molecule has 0 N–H and O–H groups in total. The summed E-state index contributed by atoms with van der Waals surface area (Å²) in [6.45, 7) is 4.08. The number of rotatable bonds is 10. The molecule has 0 aromatic heterocycles. The van der Waals surface area contributed by atoms with Crippen molar-refractivity contribution in [2.45, 2.75) is 13.5 Å². The van der Waals surface area contributed by atoms with Crippen LogP contribution < -0.4 is 0 Å². The maximum absolute atomic E-state index is 13.5. The van der Waals surface area contributed by atoms with Gasteiger partial charge in [0.25, 0.3) is 11.8 Å². The van der Waals surface area contributed by atoms with Crippen molar-refractivity contribution < 1.29 is 19.1 Å². The van der Waals surface area contributed by atoms with Gasteiger partial charge < -0.3 is 14.4 Å². The Morgan fingerprint density at radius 1 is 0.833 bits per heavy atom. The number of benzene rings is 2. The minimum absolute atomic E-state index is 0.236. The zero-order valence-corrected chi connectivity index (χ0v) is 17.8. The van der Waals surface area contributed by atoms with Crippen LogP contribution in [0.5, 0.6) is 0 Å². The van der Waals surface area contributed by atoms with E-state index in [2.05, 4.69) is 0 Å².